The number of carbonyl (C=O) groups excluding carboxylic acids is 1. The first-order valence-corrected chi connectivity index (χ1v) is 8.57. The van der Waals surface area contributed by atoms with E-state index < -0.39 is 23.7 Å². The molecule has 142 valence electrons. The number of pyridine rings is 1. The molecule has 1 aromatic heterocycles. The van der Waals surface area contributed by atoms with Crippen LogP contribution in [0.4, 0.5) is 13.2 Å². The van der Waals surface area contributed by atoms with Crippen molar-refractivity contribution < 1.29 is 23.1 Å². The Morgan fingerprint density at radius 2 is 1.88 bits per heavy atom. The second-order valence-corrected chi connectivity index (χ2v) is 8.06. The Morgan fingerprint density at radius 1 is 1.27 bits per heavy atom. The lowest BCUT2D eigenvalue weighted by Crippen LogP contribution is -2.62. The van der Waals surface area contributed by atoms with Crippen molar-refractivity contribution in [1.82, 2.24) is 9.99 Å². The highest BCUT2D eigenvalue weighted by Gasteiger charge is 2.69. The monoisotopic (exact) mass is 369 g/mol. The summed E-state index contributed by atoms with van der Waals surface area (Å²) in [7, 11) is 0. The van der Waals surface area contributed by atoms with Crippen LogP contribution in [0.1, 0.15) is 50.4 Å². The van der Waals surface area contributed by atoms with E-state index in [-0.39, 0.29) is 34.0 Å². The standard InChI is InChI=1S/C18H22F3N3O2/c1-16(2,3)12-4-5-14-13(10-12)17(26,18(19,20)21)24(23-14)15(25)11-6-8-22-9-7-11/h6-9,12-13,26H,4-5,10H2,1-3H3/t12-,13+,17-/m1/s1. The number of amides is 1. The van der Waals surface area contributed by atoms with Crippen molar-refractivity contribution in [2.24, 2.45) is 22.4 Å². The van der Waals surface area contributed by atoms with Crippen molar-refractivity contribution >= 4 is 11.6 Å². The van der Waals surface area contributed by atoms with Crippen molar-refractivity contribution in [2.45, 2.75) is 51.9 Å². The van der Waals surface area contributed by atoms with E-state index in [4.69, 9.17) is 0 Å². The Bertz CT molecular complexity index is 727. The largest absolute Gasteiger partial charge is 0.439 e. The third-order valence-electron chi connectivity index (χ3n) is 5.47. The molecule has 8 heteroatoms. The second-order valence-electron chi connectivity index (χ2n) is 8.06. The van der Waals surface area contributed by atoms with Crippen molar-refractivity contribution in [3.8, 4) is 0 Å². The highest BCUT2D eigenvalue weighted by molar-refractivity contribution is 5.99. The maximum absolute atomic E-state index is 13.9. The fourth-order valence-electron chi connectivity index (χ4n) is 3.82. The second kappa shape index (κ2) is 6.04. The number of hydrazone groups is 1. The summed E-state index contributed by atoms with van der Waals surface area (Å²) < 4.78 is 41.8. The number of rotatable bonds is 1. The van der Waals surface area contributed by atoms with Gasteiger partial charge in [0.25, 0.3) is 11.6 Å². The molecule has 0 spiro atoms. The van der Waals surface area contributed by atoms with Gasteiger partial charge in [-0.25, -0.2) is 0 Å². The summed E-state index contributed by atoms with van der Waals surface area (Å²) in [4.78, 5) is 16.4. The summed E-state index contributed by atoms with van der Waals surface area (Å²) >= 11 is 0. The van der Waals surface area contributed by atoms with Gasteiger partial charge < -0.3 is 5.11 Å². The van der Waals surface area contributed by atoms with Gasteiger partial charge in [0.15, 0.2) is 0 Å². The smallest absolute Gasteiger partial charge is 0.362 e. The zero-order chi connectivity index (χ0) is 19.3. The van der Waals surface area contributed by atoms with Crippen LogP contribution in [0.2, 0.25) is 0 Å². The zero-order valence-corrected chi connectivity index (χ0v) is 14.9. The van der Waals surface area contributed by atoms with Crippen LogP contribution >= 0.6 is 0 Å². The van der Waals surface area contributed by atoms with E-state index in [9.17, 15) is 23.1 Å². The van der Waals surface area contributed by atoms with Gasteiger partial charge in [0.05, 0.1) is 5.92 Å². The summed E-state index contributed by atoms with van der Waals surface area (Å²) in [6.07, 6.45) is -1.24. The number of halogens is 3. The van der Waals surface area contributed by atoms with Gasteiger partial charge in [-0.1, -0.05) is 20.8 Å². The molecule has 0 unspecified atom stereocenters. The van der Waals surface area contributed by atoms with Gasteiger partial charge in [-0.2, -0.15) is 23.3 Å². The summed E-state index contributed by atoms with van der Waals surface area (Å²) in [6, 6.07) is 2.61. The first-order chi connectivity index (χ1) is 12.0. The quantitative estimate of drug-likeness (QED) is 0.822. The van der Waals surface area contributed by atoms with E-state index in [1.165, 1.54) is 24.5 Å². The zero-order valence-electron chi connectivity index (χ0n) is 14.9. The van der Waals surface area contributed by atoms with Crippen molar-refractivity contribution in [1.29, 1.82) is 0 Å². The summed E-state index contributed by atoms with van der Waals surface area (Å²) in [5.41, 5.74) is -3.28. The van der Waals surface area contributed by atoms with Gasteiger partial charge in [-0.3, -0.25) is 9.78 Å². The number of fused-ring (bicyclic) bond motifs is 1. The molecule has 3 rings (SSSR count). The van der Waals surface area contributed by atoms with E-state index in [1.807, 2.05) is 20.8 Å². The molecule has 1 aromatic rings. The number of hydrogen-bond donors (Lipinski definition) is 1. The average molecular weight is 369 g/mol. The molecule has 0 aromatic carbocycles. The highest BCUT2D eigenvalue weighted by atomic mass is 19.4. The number of nitrogens with zero attached hydrogens (tertiary/aromatic N) is 3. The molecule has 3 atom stereocenters. The highest BCUT2D eigenvalue weighted by Crippen LogP contribution is 2.52. The molecule has 0 saturated heterocycles. The number of aliphatic hydroxyl groups is 1. The molecule has 1 amide bonds. The minimum atomic E-state index is -5.02. The third kappa shape index (κ3) is 2.90. The summed E-state index contributed by atoms with van der Waals surface area (Å²) in [5.74, 6) is -2.23. The van der Waals surface area contributed by atoms with Gasteiger partial charge in [0, 0.05) is 23.7 Å². The molecule has 1 N–H and O–H groups in total. The average Bonchev–Trinajstić information content (AvgIpc) is 2.88. The van der Waals surface area contributed by atoms with Crippen LogP contribution in [0, 0.1) is 17.3 Å². The van der Waals surface area contributed by atoms with Crippen LogP contribution in [-0.4, -0.2) is 38.6 Å². The Balaban J connectivity index is 2.01. The van der Waals surface area contributed by atoms with Gasteiger partial charge in [-0.15, -0.1) is 0 Å². The summed E-state index contributed by atoms with van der Waals surface area (Å²) in [6.45, 7) is 5.92. The molecule has 0 bridgehead atoms. The maximum atomic E-state index is 13.9. The maximum Gasteiger partial charge on any atom is 0.439 e. The number of alkyl halides is 3. The molecule has 1 aliphatic heterocycles. The molecule has 2 aliphatic rings. The predicted octanol–water partition coefficient (Wildman–Crippen LogP) is 3.61. The van der Waals surface area contributed by atoms with Crippen LogP contribution in [-0.2, 0) is 0 Å². The molecule has 1 fully saturated rings. The van der Waals surface area contributed by atoms with Gasteiger partial charge in [0.2, 0.25) is 0 Å². The van der Waals surface area contributed by atoms with Crippen LogP contribution in [0.5, 0.6) is 0 Å². The minimum Gasteiger partial charge on any atom is -0.362 e. The molecule has 5 nitrogen and oxygen atoms in total. The predicted molar refractivity (Wildman–Crippen MR) is 89.1 cm³/mol. The molecular formula is C18H22F3N3O2. The van der Waals surface area contributed by atoms with Crippen molar-refractivity contribution in [3.63, 3.8) is 0 Å². The Kier molecular flexibility index (Phi) is 4.37. The van der Waals surface area contributed by atoms with E-state index in [0.717, 1.165) is 0 Å². The normalized spacial score (nSPS) is 29.3. The number of hydrogen-bond acceptors (Lipinski definition) is 4. The first-order valence-electron chi connectivity index (χ1n) is 8.57. The molecule has 0 radical (unpaired) electrons. The van der Waals surface area contributed by atoms with E-state index in [0.29, 0.717) is 12.8 Å². The lowest BCUT2D eigenvalue weighted by atomic mass is 9.66. The van der Waals surface area contributed by atoms with E-state index >= 15 is 0 Å². The Morgan fingerprint density at radius 3 is 2.42 bits per heavy atom. The van der Waals surface area contributed by atoms with Crippen LogP contribution < -0.4 is 0 Å². The Hall–Kier alpha value is -1.96. The molecule has 2 heterocycles. The molecule has 26 heavy (non-hydrogen) atoms. The van der Waals surface area contributed by atoms with Gasteiger partial charge >= 0.3 is 6.18 Å². The van der Waals surface area contributed by atoms with Crippen molar-refractivity contribution in [2.75, 3.05) is 0 Å². The third-order valence-corrected chi connectivity index (χ3v) is 5.47. The van der Waals surface area contributed by atoms with Gasteiger partial charge in [0.1, 0.15) is 0 Å². The fraction of sp³-hybridized carbons (Fsp3) is 0.611. The van der Waals surface area contributed by atoms with Crippen LogP contribution in [0.15, 0.2) is 29.6 Å². The lowest BCUT2D eigenvalue weighted by molar-refractivity contribution is -0.314. The van der Waals surface area contributed by atoms with E-state index in [1.54, 1.807) is 0 Å². The fourth-order valence-corrected chi connectivity index (χ4v) is 3.82. The molecule has 1 saturated carbocycles. The lowest BCUT2D eigenvalue weighted by Gasteiger charge is -2.42. The summed E-state index contributed by atoms with van der Waals surface area (Å²) in [5, 5.41) is 14.9. The van der Waals surface area contributed by atoms with Crippen LogP contribution in [0.25, 0.3) is 0 Å². The van der Waals surface area contributed by atoms with E-state index in [2.05, 4.69) is 10.1 Å². The minimum absolute atomic E-state index is 0.00181. The molecular weight excluding hydrogens is 347 g/mol. The first kappa shape index (κ1) is 18.8. The van der Waals surface area contributed by atoms with Gasteiger partial charge in [-0.05, 0) is 42.7 Å². The molecule has 1 aliphatic carbocycles. The van der Waals surface area contributed by atoms with Crippen molar-refractivity contribution in [3.05, 3.63) is 30.1 Å². The number of carbonyl (C=O) groups is 1. The SMILES string of the molecule is CC(C)(C)[C@@H]1CCC2=NN(C(=O)c3ccncc3)[C@](O)(C(F)(F)F)[C@H]2C1. The van der Waals surface area contributed by atoms with Crippen LogP contribution in [0.3, 0.4) is 0 Å². The topological polar surface area (TPSA) is 65.8 Å². The number of aromatic nitrogens is 1. The Labute approximate surface area is 149 Å².